The second kappa shape index (κ2) is 8.10. The quantitative estimate of drug-likeness (QED) is 0.769. The summed E-state index contributed by atoms with van der Waals surface area (Å²) in [6.45, 7) is 7.84. The lowest BCUT2D eigenvalue weighted by Gasteiger charge is -2.36. The fourth-order valence-electron chi connectivity index (χ4n) is 3.18. The van der Waals surface area contributed by atoms with Crippen LogP contribution in [-0.4, -0.2) is 23.3 Å². The molecule has 2 N–H and O–H groups in total. The van der Waals surface area contributed by atoms with Crippen molar-refractivity contribution in [2.24, 2.45) is 5.10 Å². The zero-order valence-electron chi connectivity index (χ0n) is 16.7. The molecule has 3 rings (SSSR count). The monoisotopic (exact) mass is 383 g/mol. The Morgan fingerprint density at radius 1 is 1.32 bits per heavy atom. The van der Waals surface area contributed by atoms with E-state index in [9.17, 15) is 9.18 Å². The van der Waals surface area contributed by atoms with Crippen LogP contribution in [0.4, 0.5) is 10.1 Å². The molecular formula is C22H26FN3O2. The number of fused-ring (bicyclic) bond motifs is 1. The van der Waals surface area contributed by atoms with Crippen LogP contribution in [0.3, 0.4) is 0 Å². The minimum Gasteiger partial charge on any atom is -0.374 e. The van der Waals surface area contributed by atoms with E-state index in [4.69, 9.17) is 4.74 Å². The highest BCUT2D eigenvalue weighted by molar-refractivity contribution is 6.01. The molecule has 2 aromatic rings. The molecule has 1 amide bonds. The molecule has 1 aliphatic rings. The number of carbonyl (C=O) groups excluding carboxylic acids is 1. The number of rotatable bonds is 5. The maximum atomic E-state index is 13.7. The Labute approximate surface area is 165 Å². The van der Waals surface area contributed by atoms with Crippen molar-refractivity contribution in [1.29, 1.82) is 0 Å². The Bertz CT molecular complexity index is 894. The van der Waals surface area contributed by atoms with Crippen molar-refractivity contribution in [1.82, 2.24) is 5.43 Å². The molecular weight excluding hydrogens is 357 g/mol. The maximum absolute atomic E-state index is 13.7. The molecule has 5 nitrogen and oxygen atoms in total. The Kier molecular flexibility index (Phi) is 5.79. The summed E-state index contributed by atoms with van der Waals surface area (Å²) < 4.78 is 19.3. The molecule has 0 bridgehead atoms. The molecule has 0 radical (unpaired) electrons. The molecule has 0 fully saturated rings. The van der Waals surface area contributed by atoms with Gasteiger partial charge in [0, 0.05) is 12.1 Å². The van der Waals surface area contributed by atoms with Crippen molar-refractivity contribution in [3.63, 3.8) is 0 Å². The predicted octanol–water partition coefficient (Wildman–Crippen LogP) is 3.96. The Morgan fingerprint density at radius 2 is 2.04 bits per heavy atom. The van der Waals surface area contributed by atoms with E-state index in [-0.39, 0.29) is 11.7 Å². The van der Waals surface area contributed by atoms with Crippen molar-refractivity contribution in [2.75, 3.05) is 5.32 Å². The topological polar surface area (TPSA) is 62.7 Å². The van der Waals surface area contributed by atoms with E-state index in [0.717, 1.165) is 28.1 Å². The minimum absolute atomic E-state index is 0.266. The van der Waals surface area contributed by atoms with Gasteiger partial charge in [-0.3, -0.25) is 4.79 Å². The van der Waals surface area contributed by atoms with Crippen molar-refractivity contribution in [3.05, 3.63) is 65.0 Å². The molecule has 2 aromatic carbocycles. The van der Waals surface area contributed by atoms with Gasteiger partial charge in [0.25, 0.3) is 5.91 Å². The van der Waals surface area contributed by atoms with Crippen molar-refractivity contribution in [2.45, 2.75) is 52.4 Å². The Hall–Kier alpha value is -2.73. The molecule has 6 heteroatoms. The number of amides is 1. The third-order valence-electron chi connectivity index (χ3n) is 4.96. The van der Waals surface area contributed by atoms with E-state index in [1.54, 1.807) is 6.92 Å². The van der Waals surface area contributed by atoms with E-state index < -0.39 is 11.6 Å². The van der Waals surface area contributed by atoms with Crippen LogP contribution in [-0.2, 0) is 22.6 Å². The summed E-state index contributed by atoms with van der Waals surface area (Å²) in [6.07, 6.45) is -0.0895. The third-order valence-corrected chi connectivity index (χ3v) is 4.96. The van der Waals surface area contributed by atoms with E-state index in [2.05, 4.69) is 15.8 Å². The first kappa shape index (κ1) is 20.0. The number of carbonyl (C=O) groups is 1. The van der Waals surface area contributed by atoms with Crippen molar-refractivity contribution >= 4 is 17.3 Å². The lowest BCUT2D eigenvalue weighted by molar-refractivity contribution is -0.132. The average molecular weight is 383 g/mol. The summed E-state index contributed by atoms with van der Waals surface area (Å²) in [7, 11) is 0. The molecule has 1 atom stereocenters. The van der Waals surface area contributed by atoms with E-state index in [1.165, 1.54) is 12.1 Å². The van der Waals surface area contributed by atoms with Gasteiger partial charge in [-0.05, 0) is 56.5 Å². The molecule has 0 aromatic heterocycles. The predicted molar refractivity (Wildman–Crippen MR) is 109 cm³/mol. The van der Waals surface area contributed by atoms with E-state index >= 15 is 0 Å². The second-order valence-corrected chi connectivity index (χ2v) is 7.65. The summed E-state index contributed by atoms with van der Waals surface area (Å²) in [5.74, 6) is -0.571. The number of hydrogen-bond acceptors (Lipinski definition) is 4. The normalized spacial score (nSPS) is 17.5. The summed E-state index contributed by atoms with van der Waals surface area (Å²) >= 11 is 0. The lowest BCUT2D eigenvalue weighted by atomic mass is 9.85. The molecule has 0 saturated carbocycles. The average Bonchev–Trinajstić information content (AvgIpc) is 2.64. The van der Waals surface area contributed by atoms with Crippen LogP contribution < -0.4 is 10.7 Å². The van der Waals surface area contributed by atoms with Crippen LogP contribution in [0.5, 0.6) is 0 Å². The Morgan fingerprint density at radius 3 is 2.75 bits per heavy atom. The highest BCUT2D eigenvalue weighted by Gasteiger charge is 2.32. The van der Waals surface area contributed by atoms with E-state index in [1.807, 2.05) is 51.1 Å². The van der Waals surface area contributed by atoms with Gasteiger partial charge in [0.05, 0.1) is 17.9 Å². The number of nitrogens with zero attached hydrogens (tertiary/aromatic N) is 1. The van der Waals surface area contributed by atoms with Gasteiger partial charge in [0.1, 0.15) is 11.9 Å². The summed E-state index contributed by atoms with van der Waals surface area (Å²) in [5, 5.41) is 7.67. The molecule has 0 saturated heterocycles. The summed E-state index contributed by atoms with van der Waals surface area (Å²) in [4.78, 5) is 12.4. The number of hydrogen-bond donors (Lipinski definition) is 2. The van der Waals surface area contributed by atoms with Gasteiger partial charge < -0.3 is 10.1 Å². The third kappa shape index (κ3) is 4.57. The van der Waals surface area contributed by atoms with Gasteiger partial charge in [0.15, 0.2) is 0 Å². The zero-order chi connectivity index (χ0) is 20.3. The van der Waals surface area contributed by atoms with Crippen molar-refractivity contribution in [3.8, 4) is 0 Å². The van der Waals surface area contributed by atoms with Crippen LogP contribution in [0.1, 0.15) is 37.5 Å². The standard InChI is InChI=1S/C22H26FN3O2/c1-14-10-17(23)11-19-18(14)12-20(22(3,4)24-19)25-26-21(27)15(2)28-13-16-8-6-5-7-9-16/h5-11,15,24H,12-13H2,1-4H3,(H,26,27)/b25-20-. The number of halogens is 1. The highest BCUT2D eigenvalue weighted by atomic mass is 19.1. The zero-order valence-corrected chi connectivity index (χ0v) is 16.7. The van der Waals surface area contributed by atoms with Crippen LogP contribution >= 0.6 is 0 Å². The van der Waals surface area contributed by atoms with Crippen LogP contribution in [0, 0.1) is 12.7 Å². The number of hydrazone groups is 1. The number of nitrogens with one attached hydrogen (secondary N) is 2. The Balaban J connectivity index is 1.66. The number of benzene rings is 2. The smallest absolute Gasteiger partial charge is 0.268 e. The molecule has 0 aliphatic carbocycles. The SMILES string of the molecule is Cc1cc(F)cc2c1C/C(=N/NC(=O)C(C)OCc1ccccc1)C(C)(C)N2. The number of anilines is 1. The summed E-state index contributed by atoms with van der Waals surface area (Å²) in [6, 6.07) is 12.7. The lowest BCUT2D eigenvalue weighted by Crippen LogP contribution is -2.46. The molecule has 1 aliphatic heterocycles. The first-order valence-electron chi connectivity index (χ1n) is 9.36. The van der Waals surface area contributed by atoms with Gasteiger partial charge in [-0.1, -0.05) is 30.3 Å². The minimum atomic E-state index is -0.632. The highest BCUT2D eigenvalue weighted by Crippen LogP contribution is 2.31. The molecule has 0 spiro atoms. The molecule has 1 heterocycles. The summed E-state index contributed by atoms with van der Waals surface area (Å²) in [5.41, 5.74) is 6.51. The molecule has 1 unspecified atom stereocenters. The first-order chi connectivity index (χ1) is 13.3. The fraction of sp³-hybridized carbons (Fsp3) is 0.364. The second-order valence-electron chi connectivity index (χ2n) is 7.65. The van der Waals surface area contributed by atoms with Crippen LogP contribution in [0.2, 0.25) is 0 Å². The van der Waals surface area contributed by atoms with Crippen LogP contribution in [0.15, 0.2) is 47.6 Å². The first-order valence-corrected chi connectivity index (χ1v) is 9.36. The van der Waals surface area contributed by atoms with Gasteiger partial charge >= 0.3 is 0 Å². The van der Waals surface area contributed by atoms with E-state index in [0.29, 0.717) is 13.0 Å². The fourth-order valence-corrected chi connectivity index (χ4v) is 3.18. The number of ether oxygens (including phenoxy) is 1. The van der Waals surface area contributed by atoms with Gasteiger partial charge in [0.2, 0.25) is 0 Å². The van der Waals surface area contributed by atoms with Gasteiger partial charge in [-0.25, -0.2) is 9.82 Å². The van der Waals surface area contributed by atoms with Gasteiger partial charge in [-0.15, -0.1) is 0 Å². The molecule has 28 heavy (non-hydrogen) atoms. The maximum Gasteiger partial charge on any atom is 0.268 e. The largest absolute Gasteiger partial charge is 0.374 e. The van der Waals surface area contributed by atoms with Crippen molar-refractivity contribution < 1.29 is 13.9 Å². The van der Waals surface area contributed by atoms with Crippen LogP contribution in [0.25, 0.3) is 0 Å². The molecule has 148 valence electrons. The van der Waals surface area contributed by atoms with Gasteiger partial charge in [-0.2, -0.15) is 5.10 Å². The number of aryl methyl sites for hydroxylation is 1.